The van der Waals surface area contributed by atoms with E-state index in [4.69, 9.17) is 4.74 Å². The lowest BCUT2D eigenvalue weighted by molar-refractivity contribution is 0.230. The van der Waals surface area contributed by atoms with Gasteiger partial charge >= 0.3 is 0 Å². The lowest BCUT2D eigenvalue weighted by Gasteiger charge is -2.23. The summed E-state index contributed by atoms with van der Waals surface area (Å²) in [7, 11) is 0. The predicted molar refractivity (Wildman–Crippen MR) is 109 cm³/mol. The van der Waals surface area contributed by atoms with Crippen LogP contribution in [0, 0.1) is 0 Å². The van der Waals surface area contributed by atoms with Gasteiger partial charge in [-0.25, -0.2) is 0 Å². The Bertz CT molecular complexity index is 698. The molecule has 4 rings (SSSR count). The van der Waals surface area contributed by atoms with Crippen molar-refractivity contribution in [3.8, 4) is 5.75 Å². The normalized spacial score (nSPS) is 21.8. The van der Waals surface area contributed by atoms with Crippen molar-refractivity contribution in [3.05, 3.63) is 24.4 Å². The van der Waals surface area contributed by atoms with Gasteiger partial charge in [-0.2, -0.15) is 5.10 Å². The van der Waals surface area contributed by atoms with E-state index in [0.717, 1.165) is 57.3 Å². The van der Waals surface area contributed by atoms with E-state index in [1.807, 2.05) is 6.20 Å². The third-order valence-corrected chi connectivity index (χ3v) is 5.77. The average Bonchev–Trinajstić information content (AvgIpc) is 3.25. The first-order valence-electron chi connectivity index (χ1n) is 9.86. The Hall–Kier alpha value is -1.30. The quantitative estimate of drug-likeness (QED) is 0.779. The first kappa shape index (κ1) is 19.5. The summed E-state index contributed by atoms with van der Waals surface area (Å²) in [6, 6.07) is 7.67. The van der Waals surface area contributed by atoms with Crippen molar-refractivity contribution in [2.75, 3.05) is 32.8 Å². The van der Waals surface area contributed by atoms with E-state index >= 15 is 0 Å². The number of benzene rings is 1. The summed E-state index contributed by atoms with van der Waals surface area (Å²) in [6.45, 7) is 7.70. The molecule has 2 fully saturated rings. The summed E-state index contributed by atoms with van der Waals surface area (Å²) in [4.78, 5) is 2.58. The van der Waals surface area contributed by atoms with Gasteiger partial charge in [0, 0.05) is 18.0 Å². The summed E-state index contributed by atoms with van der Waals surface area (Å²) in [5.74, 6) is 0.965. The summed E-state index contributed by atoms with van der Waals surface area (Å²) < 4.78 is 8.19. The van der Waals surface area contributed by atoms with E-state index < -0.39 is 0 Å². The molecule has 0 spiro atoms. The fourth-order valence-electron chi connectivity index (χ4n) is 4.25. The molecule has 0 bridgehead atoms. The van der Waals surface area contributed by atoms with Crippen molar-refractivity contribution in [3.63, 3.8) is 0 Å². The third kappa shape index (κ3) is 4.33. The lowest BCUT2D eigenvalue weighted by Crippen LogP contribution is -2.29. The molecule has 0 saturated carbocycles. The van der Waals surface area contributed by atoms with Crippen LogP contribution in [0.2, 0.25) is 0 Å². The van der Waals surface area contributed by atoms with Crippen molar-refractivity contribution in [1.82, 2.24) is 20.0 Å². The van der Waals surface area contributed by atoms with Crippen molar-refractivity contribution in [2.45, 2.75) is 51.1 Å². The molecule has 0 amide bonds. The molecule has 5 nitrogen and oxygen atoms in total. The molecule has 2 aromatic rings. The van der Waals surface area contributed by atoms with Crippen LogP contribution in [0.1, 0.15) is 45.1 Å². The van der Waals surface area contributed by atoms with E-state index in [1.165, 1.54) is 30.3 Å². The van der Waals surface area contributed by atoms with Gasteiger partial charge in [-0.15, -0.1) is 12.4 Å². The number of aromatic nitrogens is 2. The number of piperidine rings is 1. The van der Waals surface area contributed by atoms with Crippen molar-refractivity contribution in [2.24, 2.45) is 0 Å². The topological polar surface area (TPSA) is 42.3 Å². The minimum Gasteiger partial charge on any atom is -0.494 e. The molecule has 2 aliphatic rings. The van der Waals surface area contributed by atoms with Gasteiger partial charge in [-0.3, -0.25) is 4.68 Å². The zero-order valence-electron chi connectivity index (χ0n) is 15.7. The maximum atomic E-state index is 5.99. The maximum absolute atomic E-state index is 5.99. The Morgan fingerprint density at radius 2 is 2.08 bits per heavy atom. The van der Waals surface area contributed by atoms with Gasteiger partial charge in [0.05, 0.1) is 24.4 Å². The molecule has 1 aromatic carbocycles. The number of likely N-dealkylation sites (tertiary alicyclic amines) is 1. The highest BCUT2D eigenvalue weighted by atomic mass is 35.5. The van der Waals surface area contributed by atoms with Crippen molar-refractivity contribution >= 4 is 23.3 Å². The fourth-order valence-corrected chi connectivity index (χ4v) is 4.25. The Labute approximate surface area is 162 Å². The van der Waals surface area contributed by atoms with Crippen LogP contribution >= 0.6 is 12.4 Å². The van der Waals surface area contributed by atoms with E-state index in [0.29, 0.717) is 6.04 Å². The van der Waals surface area contributed by atoms with Gasteiger partial charge in [-0.05, 0) is 76.9 Å². The maximum Gasteiger partial charge on any atom is 0.120 e. The van der Waals surface area contributed by atoms with E-state index in [2.05, 4.69) is 45.1 Å². The molecule has 0 radical (unpaired) electrons. The van der Waals surface area contributed by atoms with Gasteiger partial charge in [0.15, 0.2) is 0 Å². The van der Waals surface area contributed by atoms with Crippen molar-refractivity contribution in [1.29, 1.82) is 0 Å². The number of ether oxygens (including phenoxy) is 1. The Balaban J connectivity index is 0.00000196. The van der Waals surface area contributed by atoms with Crippen LogP contribution in [-0.4, -0.2) is 53.5 Å². The number of nitrogens with one attached hydrogen (secondary N) is 1. The van der Waals surface area contributed by atoms with Crippen LogP contribution in [0.3, 0.4) is 0 Å². The second-order valence-electron chi connectivity index (χ2n) is 7.52. The van der Waals surface area contributed by atoms with Crippen LogP contribution in [0.15, 0.2) is 24.4 Å². The van der Waals surface area contributed by atoms with Gasteiger partial charge in [-0.1, -0.05) is 0 Å². The molecular weight excluding hydrogens is 348 g/mol. The van der Waals surface area contributed by atoms with Gasteiger partial charge < -0.3 is 15.0 Å². The molecule has 1 aromatic heterocycles. The highest BCUT2D eigenvalue weighted by Crippen LogP contribution is 2.26. The standard InChI is InChI=1S/C20H30N4O.ClH/c1-16-4-2-11-23(16)12-3-13-25-19-5-6-20-17(14-19)15-22-24(20)18-7-9-21-10-8-18;/h5-6,14-16,18,21H,2-4,7-13H2,1H3;1H/t16-;/m1./s1. The predicted octanol–water partition coefficient (Wildman–Crippen LogP) is 3.64. The average molecular weight is 379 g/mol. The highest BCUT2D eigenvalue weighted by Gasteiger charge is 2.19. The zero-order valence-corrected chi connectivity index (χ0v) is 16.5. The van der Waals surface area contributed by atoms with Crippen LogP contribution < -0.4 is 10.1 Å². The molecule has 0 aliphatic carbocycles. The molecule has 26 heavy (non-hydrogen) atoms. The summed E-state index contributed by atoms with van der Waals surface area (Å²) >= 11 is 0. The van der Waals surface area contributed by atoms with Crippen LogP contribution in [0.4, 0.5) is 0 Å². The zero-order chi connectivity index (χ0) is 17.1. The summed E-state index contributed by atoms with van der Waals surface area (Å²) in [5, 5.41) is 9.25. The SMILES string of the molecule is C[C@@H]1CCCN1CCCOc1ccc2c(cnn2C2CCNCC2)c1.Cl. The first-order valence-corrected chi connectivity index (χ1v) is 9.86. The largest absolute Gasteiger partial charge is 0.494 e. The van der Waals surface area contributed by atoms with Crippen LogP contribution in [0.25, 0.3) is 10.9 Å². The van der Waals surface area contributed by atoms with Crippen LogP contribution in [-0.2, 0) is 0 Å². The third-order valence-electron chi connectivity index (χ3n) is 5.77. The molecule has 144 valence electrons. The summed E-state index contributed by atoms with van der Waals surface area (Å²) in [5.41, 5.74) is 1.23. The lowest BCUT2D eigenvalue weighted by atomic mass is 10.1. The number of nitrogens with zero attached hydrogens (tertiary/aromatic N) is 3. The summed E-state index contributed by atoms with van der Waals surface area (Å²) in [6.07, 6.45) is 8.08. The second kappa shape index (κ2) is 9.07. The molecule has 2 saturated heterocycles. The fraction of sp³-hybridized carbons (Fsp3) is 0.650. The smallest absolute Gasteiger partial charge is 0.120 e. The Kier molecular flexibility index (Phi) is 6.79. The van der Waals surface area contributed by atoms with Gasteiger partial charge in [0.25, 0.3) is 0 Å². The van der Waals surface area contributed by atoms with Crippen molar-refractivity contribution < 1.29 is 4.74 Å². The van der Waals surface area contributed by atoms with E-state index in [-0.39, 0.29) is 12.4 Å². The number of hydrogen-bond donors (Lipinski definition) is 1. The molecule has 6 heteroatoms. The molecule has 1 N–H and O–H groups in total. The first-order chi connectivity index (χ1) is 12.3. The van der Waals surface area contributed by atoms with E-state index in [9.17, 15) is 0 Å². The molecule has 3 heterocycles. The van der Waals surface area contributed by atoms with E-state index in [1.54, 1.807) is 0 Å². The second-order valence-corrected chi connectivity index (χ2v) is 7.52. The molecule has 1 atom stereocenters. The highest BCUT2D eigenvalue weighted by molar-refractivity contribution is 5.85. The number of rotatable bonds is 6. The van der Waals surface area contributed by atoms with Crippen LogP contribution in [0.5, 0.6) is 5.75 Å². The molecule has 2 aliphatic heterocycles. The Morgan fingerprint density at radius 3 is 2.85 bits per heavy atom. The van der Waals surface area contributed by atoms with Gasteiger partial charge in [0.2, 0.25) is 0 Å². The molecular formula is C20H31ClN4O. The molecule has 0 unspecified atom stereocenters. The monoisotopic (exact) mass is 378 g/mol. The number of halogens is 1. The number of hydrogen-bond acceptors (Lipinski definition) is 4. The Morgan fingerprint density at radius 1 is 1.23 bits per heavy atom. The minimum atomic E-state index is 0. The minimum absolute atomic E-state index is 0. The number of fused-ring (bicyclic) bond motifs is 1. The van der Waals surface area contributed by atoms with Gasteiger partial charge in [0.1, 0.15) is 5.75 Å².